The molecule has 0 bridgehead atoms. The predicted molar refractivity (Wildman–Crippen MR) is 76.2 cm³/mol. The van der Waals surface area contributed by atoms with Crippen molar-refractivity contribution in [3.05, 3.63) is 64.5 Å². The van der Waals surface area contributed by atoms with Crippen LogP contribution in [0.5, 0.6) is 0 Å². The molecule has 3 rings (SSSR count). The summed E-state index contributed by atoms with van der Waals surface area (Å²) < 4.78 is 13.3. The van der Waals surface area contributed by atoms with E-state index >= 15 is 0 Å². The zero-order valence-corrected chi connectivity index (χ0v) is 11.4. The second-order valence-electron chi connectivity index (χ2n) is 5.07. The fourth-order valence-corrected chi connectivity index (χ4v) is 2.43. The molecule has 0 saturated heterocycles. The Morgan fingerprint density at radius 1 is 1.05 bits per heavy atom. The van der Waals surface area contributed by atoms with Gasteiger partial charge in [-0.2, -0.15) is 0 Å². The molecule has 0 fully saturated rings. The number of imide groups is 1. The molecular weight excluding hydrogens is 271 g/mol. The molecule has 2 N–H and O–H groups in total. The molecule has 106 valence electrons. The SMILES string of the molecule is Cc1ccc(F)cc1CN1C(=O)c2ccc(N)cc2C1=O. The number of anilines is 1. The summed E-state index contributed by atoms with van der Waals surface area (Å²) in [6.07, 6.45) is 0. The van der Waals surface area contributed by atoms with Crippen LogP contribution in [0.4, 0.5) is 10.1 Å². The lowest BCUT2D eigenvalue weighted by molar-refractivity contribution is 0.0642. The third-order valence-corrected chi connectivity index (χ3v) is 3.63. The predicted octanol–water partition coefficient (Wildman–Crippen LogP) is 2.51. The van der Waals surface area contributed by atoms with Crippen molar-refractivity contribution in [1.82, 2.24) is 4.90 Å². The number of rotatable bonds is 2. The summed E-state index contributed by atoms with van der Waals surface area (Å²) in [6, 6.07) is 8.94. The van der Waals surface area contributed by atoms with Crippen molar-refractivity contribution >= 4 is 17.5 Å². The molecule has 1 aliphatic heterocycles. The Labute approximate surface area is 121 Å². The first-order chi connectivity index (χ1) is 9.97. The van der Waals surface area contributed by atoms with Crippen LogP contribution in [-0.4, -0.2) is 16.7 Å². The van der Waals surface area contributed by atoms with E-state index in [1.807, 2.05) is 6.92 Å². The average Bonchev–Trinajstić information content (AvgIpc) is 2.67. The summed E-state index contributed by atoms with van der Waals surface area (Å²) in [7, 11) is 0. The number of hydrogen-bond donors (Lipinski definition) is 1. The van der Waals surface area contributed by atoms with Crippen LogP contribution in [0, 0.1) is 12.7 Å². The van der Waals surface area contributed by atoms with Gasteiger partial charge in [0.15, 0.2) is 0 Å². The minimum absolute atomic E-state index is 0.0514. The van der Waals surface area contributed by atoms with Crippen molar-refractivity contribution in [2.45, 2.75) is 13.5 Å². The Bertz CT molecular complexity index is 771. The highest BCUT2D eigenvalue weighted by atomic mass is 19.1. The second kappa shape index (κ2) is 4.70. The van der Waals surface area contributed by atoms with Gasteiger partial charge in [-0.15, -0.1) is 0 Å². The first-order valence-electron chi connectivity index (χ1n) is 6.48. The molecule has 0 aromatic heterocycles. The quantitative estimate of drug-likeness (QED) is 0.680. The zero-order valence-electron chi connectivity index (χ0n) is 11.4. The Balaban J connectivity index is 1.97. The van der Waals surface area contributed by atoms with Gasteiger partial charge in [0, 0.05) is 5.69 Å². The van der Waals surface area contributed by atoms with Gasteiger partial charge in [0.05, 0.1) is 17.7 Å². The van der Waals surface area contributed by atoms with Gasteiger partial charge in [-0.25, -0.2) is 4.39 Å². The Morgan fingerprint density at radius 2 is 1.76 bits per heavy atom. The average molecular weight is 284 g/mol. The highest BCUT2D eigenvalue weighted by Crippen LogP contribution is 2.27. The number of fused-ring (bicyclic) bond motifs is 1. The van der Waals surface area contributed by atoms with Crippen LogP contribution in [0.15, 0.2) is 36.4 Å². The van der Waals surface area contributed by atoms with E-state index in [-0.39, 0.29) is 12.5 Å². The molecule has 1 aliphatic rings. The summed E-state index contributed by atoms with van der Waals surface area (Å²) >= 11 is 0. The normalized spacial score (nSPS) is 13.7. The third-order valence-electron chi connectivity index (χ3n) is 3.63. The van der Waals surface area contributed by atoms with E-state index in [1.54, 1.807) is 18.2 Å². The molecule has 5 heteroatoms. The van der Waals surface area contributed by atoms with Crippen molar-refractivity contribution in [1.29, 1.82) is 0 Å². The van der Waals surface area contributed by atoms with Gasteiger partial charge in [-0.3, -0.25) is 14.5 Å². The van der Waals surface area contributed by atoms with E-state index in [0.29, 0.717) is 22.4 Å². The first-order valence-corrected chi connectivity index (χ1v) is 6.48. The summed E-state index contributed by atoms with van der Waals surface area (Å²) in [5.41, 5.74) is 8.15. The number of nitrogens with two attached hydrogens (primary N) is 1. The van der Waals surface area contributed by atoms with Crippen LogP contribution in [0.3, 0.4) is 0 Å². The van der Waals surface area contributed by atoms with Gasteiger partial charge in [-0.05, 0) is 48.4 Å². The first kappa shape index (κ1) is 13.3. The van der Waals surface area contributed by atoms with Gasteiger partial charge in [-0.1, -0.05) is 6.07 Å². The van der Waals surface area contributed by atoms with Gasteiger partial charge < -0.3 is 5.73 Å². The van der Waals surface area contributed by atoms with Crippen LogP contribution in [0.25, 0.3) is 0 Å². The second-order valence-corrected chi connectivity index (χ2v) is 5.07. The number of benzene rings is 2. The van der Waals surface area contributed by atoms with Gasteiger partial charge >= 0.3 is 0 Å². The summed E-state index contributed by atoms with van der Waals surface area (Å²) in [4.78, 5) is 25.7. The fourth-order valence-electron chi connectivity index (χ4n) is 2.43. The molecule has 0 atom stereocenters. The van der Waals surface area contributed by atoms with Gasteiger partial charge in [0.1, 0.15) is 5.82 Å². The molecule has 2 aromatic carbocycles. The number of halogens is 1. The van der Waals surface area contributed by atoms with E-state index in [9.17, 15) is 14.0 Å². The molecular formula is C16H13FN2O2. The Morgan fingerprint density at radius 3 is 2.52 bits per heavy atom. The fraction of sp³-hybridized carbons (Fsp3) is 0.125. The van der Waals surface area contributed by atoms with Crippen molar-refractivity contribution in [2.24, 2.45) is 0 Å². The monoisotopic (exact) mass is 284 g/mol. The van der Waals surface area contributed by atoms with E-state index < -0.39 is 11.7 Å². The van der Waals surface area contributed by atoms with Crippen LogP contribution < -0.4 is 5.73 Å². The number of hydrogen-bond acceptors (Lipinski definition) is 3. The summed E-state index contributed by atoms with van der Waals surface area (Å²) in [6.45, 7) is 1.86. The maximum absolute atomic E-state index is 13.3. The molecule has 4 nitrogen and oxygen atoms in total. The molecule has 2 amide bonds. The lowest BCUT2D eigenvalue weighted by atomic mass is 10.1. The lowest BCUT2D eigenvalue weighted by Gasteiger charge is -2.15. The molecule has 0 saturated carbocycles. The minimum atomic E-state index is -0.397. The van der Waals surface area contributed by atoms with Gasteiger partial charge in [0.2, 0.25) is 0 Å². The van der Waals surface area contributed by atoms with E-state index in [0.717, 1.165) is 10.5 Å². The van der Waals surface area contributed by atoms with Crippen molar-refractivity contribution in [2.75, 3.05) is 5.73 Å². The van der Waals surface area contributed by atoms with Crippen molar-refractivity contribution in [3.63, 3.8) is 0 Å². The zero-order chi connectivity index (χ0) is 15.1. The van der Waals surface area contributed by atoms with Crippen molar-refractivity contribution in [3.8, 4) is 0 Å². The highest BCUT2D eigenvalue weighted by Gasteiger charge is 2.35. The number of amides is 2. The minimum Gasteiger partial charge on any atom is -0.399 e. The molecule has 0 radical (unpaired) electrons. The van der Waals surface area contributed by atoms with Gasteiger partial charge in [0.25, 0.3) is 11.8 Å². The molecule has 2 aromatic rings. The smallest absolute Gasteiger partial charge is 0.261 e. The molecule has 0 unspecified atom stereocenters. The lowest BCUT2D eigenvalue weighted by Crippen LogP contribution is -2.29. The molecule has 1 heterocycles. The standard InChI is InChI=1S/C16H13FN2O2/c1-9-2-3-11(17)6-10(9)8-19-15(20)13-5-4-12(18)7-14(13)16(19)21/h2-7H,8,18H2,1H3. The number of carbonyl (C=O) groups is 2. The Hall–Kier alpha value is -2.69. The number of carbonyl (C=O) groups excluding carboxylic acids is 2. The van der Waals surface area contributed by atoms with Crippen molar-refractivity contribution < 1.29 is 14.0 Å². The maximum Gasteiger partial charge on any atom is 0.261 e. The number of nitrogens with zero attached hydrogens (tertiary/aromatic N) is 1. The third kappa shape index (κ3) is 2.16. The highest BCUT2D eigenvalue weighted by molar-refractivity contribution is 6.21. The molecule has 21 heavy (non-hydrogen) atoms. The van der Waals surface area contributed by atoms with E-state index in [4.69, 9.17) is 5.73 Å². The van der Waals surface area contributed by atoms with Crippen LogP contribution in [0.1, 0.15) is 31.8 Å². The van der Waals surface area contributed by atoms with Crippen LogP contribution in [-0.2, 0) is 6.54 Å². The topological polar surface area (TPSA) is 63.4 Å². The maximum atomic E-state index is 13.3. The molecule has 0 spiro atoms. The summed E-state index contributed by atoms with van der Waals surface area (Å²) in [5, 5.41) is 0. The van der Waals surface area contributed by atoms with E-state index in [2.05, 4.69) is 0 Å². The molecule has 0 aliphatic carbocycles. The Kier molecular flexibility index (Phi) is 2.97. The van der Waals surface area contributed by atoms with E-state index in [1.165, 1.54) is 18.2 Å². The van der Waals surface area contributed by atoms with Crippen LogP contribution in [0.2, 0.25) is 0 Å². The van der Waals surface area contributed by atoms with Crippen LogP contribution >= 0.6 is 0 Å². The number of aryl methyl sites for hydroxylation is 1. The number of nitrogen functional groups attached to an aromatic ring is 1. The summed E-state index contributed by atoms with van der Waals surface area (Å²) in [5.74, 6) is -1.17. The largest absolute Gasteiger partial charge is 0.399 e.